The number of aryl methyl sites for hydroxylation is 1. The Bertz CT molecular complexity index is 709. The van der Waals surface area contributed by atoms with E-state index in [1.54, 1.807) is 29.9 Å². The molecule has 0 spiro atoms. The van der Waals surface area contributed by atoms with Gasteiger partial charge < -0.3 is 19.7 Å². The van der Waals surface area contributed by atoms with Crippen molar-refractivity contribution in [2.75, 3.05) is 12.4 Å². The molecule has 0 saturated heterocycles. The number of methoxy groups -OCH3 is 1. The predicted molar refractivity (Wildman–Crippen MR) is 81.0 cm³/mol. The Morgan fingerprint density at radius 2 is 2.05 bits per heavy atom. The van der Waals surface area contributed by atoms with Crippen LogP contribution in [0.3, 0.4) is 0 Å². The van der Waals surface area contributed by atoms with E-state index < -0.39 is 11.9 Å². The van der Waals surface area contributed by atoms with E-state index in [-0.39, 0.29) is 11.3 Å². The van der Waals surface area contributed by atoms with E-state index in [2.05, 4.69) is 21.2 Å². The molecule has 2 aromatic rings. The van der Waals surface area contributed by atoms with Gasteiger partial charge in [-0.25, -0.2) is 4.79 Å². The van der Waals surface area contributed by atoms with Crippen LogP contribution in [0.2, 0.25) is 0 Å². The lowest BCUT2D eigenvalue weighted by atomic mass is 10.1. The number of carboxylic acid groups (broad SMARTS) is 1. The molecule has 2 rings (SSSR count). The molecule has 0 aliphatic carbocycles. The van der Waals surface area contributed by atoms with E-state index >= 15 is 0 Å². The molecule has 2 N–H and O–H groups in total. The number of aromatic carboxylic acids is 1. The molecule has 21 heavy (non-hydrogen) atoms. The van der Waals surface area contributed by atoms with Gasteiger partial charge in [-0.1, -0.05) is 0 Å². The lowest BCUT2D eigenvalue weighted by molar-refractivity contribution is 0.0697. The molecule has 1 heterocycles. The third-order valence-corrected chi connectivity index (χ3v) is 3.34. The number of anilines is 1. The van der Waals surface area contributed by atoms with Crippen LogP contribution in [-0.2, 0) is 7.05 Å². The fourth-order valence-electron chi connectivity index (χ4n) is 1.87. The number of hydrogen-bond donors (Lipinski definition) is 2. The van der Waals surface area contributed by atoms with Gasteiger partial charge in [0, 0.05) is 17.7 Å². The summed E-state index contributed by atoms with van der Waals surface area (Å²) in [7, 11) is 3.17. The molecule has 0 atom stereocenters. The Balaban J connectivity index is 2.33. The van der Waals surface area contributed by atoms with Crippen molar-refractivity contribution in [3.63, 3.8) is 0 Å². The van der Waals surface area contributed by atoms with Gasteiger partial charge in [-0.2, -0.15) is 0 Å². The minimum absolute atomic E-state index is 0.0315. The number of carbonyl (C=O) groups excluding carboxylic acids is 1. The number of nitrogens with zero attached hydrogens (tertiary/aromatic N) is 1. The number of amides is 1. The first kappa shape index (κ1) is 15.1. The lowest BCUT2D eigenvalue weighted by Gasteiger charge is -2.10. The van der Waals surface area contributed by atoms with Gasteiger partial charge in [-0.3, -0.25) is 4.79 Å². The highest BCUT2D eigenvalue weighted by molar-refractivity contribution is 9.10. The molecular formula is C14H13BrN2O4. The maximum Gasteiger partial charge on any atom is 0.337 e. The van der Waals surface area contributed by atoms with Crippen LogP contribution in [0.25, 0.3) is 0 Å². The second-order valence-corrected chi connectivity index (χ2v) is 5.24. The van der Waals surface area contributed by atoms with Gasteiger partial charge in [0.25, 0.3) is 5.91 Å². The van der Waals surface area contributed by atoms with E-state index in [0.717, 1.165) is 4.47 Å². The summed E-state index contributed by atoms with van der Waals surface area (Å²) in [5.74, 6) is -1.12. The van der Waals surface area contributed by atoms with Gasteiger partial charge in [0.15, 0.2) is 0 Å². The number of ether oxygens (including phenoxy) is 1. The number of rotatable bonds is 4. The van der Waals surface area contributed by atoms with Crippen LogP contribution in [0.15, 0.2) is 34.9 Å². The smallest absolute Gasteiger partial charge is 0.337 e. The molecule has 0 bridgehead atoms. The zero-order valence-electron chi connectivity index (χ0n) is 11.4. The number of carboxylic acids is 1. The van der Waals surface area contributed by atoms with Gasteiger partial charge in [0.05, 0.1) is 18.4 Å². The fourth-order valence-corrected chi connectivity index (χ4v) is 2.40. The standard InChI is InChI=1S/C14H13BrN2O4/c1-17-7-8(15)5-12(17)13(18)16-11-4-3-9(21-2)6-10(11)14(19)20/h3-7H,1-2H3,(H,16,18)(H,19,20). The molecule has 1 aromatic heterocycles. The Hall–Kier alpha value is -2.28. The average Bonchev–Trinajstić information content (AvgIpc) is 2.78. The second kappa shape index (κ2) is 6.01. The van der Waals surface area contributed by atoms with E-state index in [4.69, 9.17) is 4.74 Å². The van der Waals surface area contributed by atoms with E-state index in [9.17, 15) is 14.7 Å². The van der Waals surface area contributed by atoms with Gasteiger partial charge in [-0.15, -0.1) is 0 Å². The van der Waals surface area contributed by atoms with Crippen LogP contribution in [0.4, 0.5) is 5.69 Å². The molecule has 0 aliphatic rings. The highest BCUT2D eigenvalue weighted by atomic mass is 79.9. The van der Waals surface area contributed by atoms with Gasteiger partial charge in [0.1, 0.15) is 11.4 Å². The summed E-state index contributed by atoms with van der Waals surface area (Å²) < 4.78 is 7.39. The quantitative estimate of drug-likeness (QED) is 0.886. The van der Waals surface area contributed by atoms with Crippen molar-refractivity contribution < 1.29 is 19.4 Å². The lowest BCUT2D eigenvalue weighted by Crippen LogP contribution is -2.17. The molecule has 1 aromatic carbocycles. The maximum absolute atomic E-state index is 12.2. The first-order chi connectivity index (χ1) is 9.92. The van der Waals surface area contributed by atoms with Crippen molar-refractivity contribution in [1.82, 2.24) is 4.57 Å². The first-order valence-corrected chi connectivity index (χ1v) is 6.76. The van der Waals surface area contributed by atoms with Crippen molar-refractivity contribution in [1.29, 1.82) is 0 Å². The van der Waals surface area contributed by atoms with E-state index in [1.165, 1.54) is 19.2 Å². The monoisotopic (exact) mass is 352 g/mol. The Labute approximate surface area is 129 Å². The minimum Gasteiger partial charge on any atom is -0.497 e. The van der Waals surface area contributed by atoms with Crippen molar-refractivity contribution in [2.24, 2.45) is 7.05 Å². The highest BCUT2D eigenvalue weighted by Gasteiger charge is 2.16. The third kappa shape index (κ3) is 3.25. The molecule has 0 aliphatic heterocycles. The van der Waals surface area contributed by atoms with Crippen molar-refractivity contribution in [3.8, 4) is 5.75 Å². The first-order valence-electron chi connectivity index (χ1n) is 5.97. The van der Waals surface area contributed by atoms with Crippen LogP contribution in [0.1, 0.15) is 20.8 Å². The summed E-state index contributed by atoms with van der Waals surface area (Å²) in [6.07, 6.45) is 1.74. The molecule has 110 valence electrons. The summed E-state index contributed by atoms with van der Waals surface area (Å²) in [4.78, 5) is 23.5. The number of aromatic nitrogens is 1. The average molecular weight is 353 g/mol. The largest absolute Gasteiger partial charge is 0.497 e. The molecule has 0 radical (unpaired) electrons. The summed E-state index contributed by atoms with van der Waals surface area (Å²) in [5.41, 5.74) is 0.593. The van der Waals surface area contributed by atoms with E-state index in [1.807, 2.05) is 0 Å². The summed E-state index contributed by atoms with van der Waals surface area (Å²) in [5, 5.41) is 11.8. The topological polar surface area (TPSA) is 80.6 Å². The second-order valence-electron chi connectivity index (χ2n) is 4.33. The fraction of sp³-hybridized carbons (Fsp3) is 0.143. The van der Waals surface area contributed by atoms with Crippen molar-refractivity contribution >= 4 is 33.5 Å². The molecule has 6 nitrogen and oxygen atoms in total. The number of carbonyl (C=O) groups is 2. The summed E-state index contributed by atoms with van der Waals surface area (Å²) >= 11 is 3.28. The van der Waals surface area contributed by atoms with Crippen LogP contribution >= 0.6 is 15.9 Å². The molecule has 0 saturated carbocycles. The van der Waals surface area contributed by atoms with Gasteiger partial charge in [0.2, 0.25) is 0 Å². The SMILES string of the molecule is COc1ccc(NC(=O)c2cc(Br)cn2C)c(C(=O)O)c1. The molecule has 7 heteroatoms. The maximum atomic E-state index is 12.2. The minimum atomic E-state index is -1.14. The number of halogens is 1. The van der Waals surface area contributed by atoms with Crippen LogP contribution < -0.4 is 10.1 Å². The van der Waals surface area contributed by atoms with Crippen LogP contribution in [-0.4, -0.2) is 28.7 Å². The number of nitrogens with one attached hydrogen (secondary N) is 1. The number of benzene rings is 1. The van der Waals surface area contributed by atoms with Crippen LogP contribution in [0, 0.1) is 0 Å². The normalized spacial score (nSPS) is 10.2. The third-order valence-electron chi connectivity index (χ3n) is 2.91. The summed E-state index contributed by atoms with van der Waals surface area (Å²) in [6.45, 7) is 0. The van der Waals surface area contributed by atoms with Gasteiger partial charge >= 0.3 is 5.97 Å². The Kier molecular flexibility index (Phi) is 4.32. The van der Waals surface area contributed by atoms with E-state index in [0.29, 0.717) is 11.4 Å². The van der Waals surface area contributed by atoms with Gasteiger partial charge in [-0.05, 0) is 40.2 Å². The van der Waals surface area contributed by atoms with Crippen molar-refractivity contribution in [2.45, 2.75) is 0 Å². The predicted octanol–water partition coefficient (Wildman–Crippen LogP) is 2.75. The van der Waals surface area contributed by atoms with Crippen LogP contribution in [0.5, 0.6) is 5.75 Å². The highest BCUT2D eigenvalue weighted by Crippen LogP contribution is 2.23. The molecule has 0 fully saturated rings. The Morgan fingerprint density at radius 3 is 2.57 bits per heavy atom. The molecular weight excluding hydrogens is 340 g/mol. The molecule has 1 amide bonds. The zero-order valence-corrected chi connectivity index (χ0v) is 13.0. The molecule has 0 unspecified atom stereocenters. The Morgan fingerprint density at radius 1 is 1.33 bits per heavy atom. The summed E-state index contributed by atoms with van der Waals surface area (Å²) in [6, 6.07) is 6.10. The zero-order chi connectivity index (χ0) is 15.6. The number of hydrogen-bond acceptors (Lipinski definition) is 3. The van der Waals surface area contributed by atoms with Crippen molar-refractivity contribution in [3.05, 3.63) is 46.2 Å².